The van der Waals surface area contributed by atoms with Gasteiger partial charge in [-0.1, -0.05) is 0 Å². The molecule has 1 radical (unpaired) electrons. The molecular weight excluding hydrogens is 88.1 g/mol. The average molecular weight is 97.1 g/mol. The van der Waals surface area contributed by atoms with Gasteiger partial charge in [-0.2, -0.15) is 0 Å². The normalized spacial score (nSPS) is 19.1. The van der Waals surface area contributed by atoms with E-state index in [1.165, 1.54) is 5.70 Å². The number of hydrogen-bond donors (Lipinski definition) is 1. The van der Waals surface area contributed by atoms with E-state index in [-0.39, 0.29) is 0 Å². The largest absolute Gasteiger partial charge is 0.364 e. The molecule has 1 rings (SSSR count). The van der Waals surface area contributed by atoms with Gasteiger partial charge < -0.3 is 10.2 Å². The van der Waals surface area contributed by atoms with Crippen molar-refractivity contribution in [2.75, 3.05) is 7.05 Å². The Hall–Kier alpha value is -0.660. The van der Waals surface area contributed by atoms with E-state index in [9.17, 15) is 0 Å². The second-order valence-electron chi connectivity index (χ2n) is 1.75. The molecule has 0 aliphatic carbocycles. The van der Waals surface area contributed by atoms with E-state index < -0.39 is 0 Å². The quantitative estimate of drug-likeness (QED) is 0.473. The Morgan fingerprint density at radius 2 is 2.43 bits per heavy atom. The Kier molecular flexibility index (Phi) is 0.929. The molecule has 0 amide bonds. The molecular formula is C5H9N2. The van der Waals surface area contributed by atoms with Crippen LogP contribution in [0.2, 0.25) is 0 Å². The Bertz CT molecular complexity index is 96.3. The first-order chi connectivity index (χ1) is 3.29. The van der Waals surface area contributed by atoms with Crippen LogP contribution in [0.25, 0.3) is 0 Å². The minimum absolute atomic E-state index is 1.20. The minimum atomic E-state index is 1.20. The maximum atomic E-state index is 3.03. The minimum Gasteiger partial charge on any atom is -0.364 e. The molecule has 1 N–H and O–H groups in total. The number of nitrogens with one attached hydrogen (secondary N) is 1. The van der Waals surface area contributed by atoms with Gasteiger partial charge in [0.2, 0.25) is 0 Å². The standard InChI is InChI=1S/C5H9N2/c1-5-3-7(2)4-6-5/h3-4,6H,1-2H3. The molecule has 1 aliphatic rings. The summed E-state index contributed by atoms with van der Waals surface area (Å²) in [5.74, 6) is 0. The van der Waals surface area contributed by atoms with Crippen molar-refractivity contribution in [3.63, 3.8) is 0 Å². The first kappa shape index (κ1) is 4.50. The van der Waals surface area contributed by atoms with Crippen molar-refractivity contribution in [1.29, 1.82) is 0 Å². The molecule has 0 atom stereocenters. The van der Waals surface area contributed by atoms with Crippen LogP contribution in [0.4, 0.5) is 0 Å². The molecule has 0 unspecified atom stereocenters. The Balaban J connectivity index is 2.50. The maximum Gasteiger partial charge on any atom is 0.138 e. The van der Waals surface area contributed by atoms with E-state index in [2.05, 4.69) is 5.32 Å². The fourth-order valence-electron chi connectivity index (χ4n) is 0.584. The van der Waals surface area contributed by atoms with Gasteiger partial charge in [0.15, 0.2) is 0 Å². The molecule has 0 fully saturated rings. The van der Waals surface area contributed by atoms with Gasteiger partial charge in [-0.15, -0.1) is 0 Å². The molecule has 2 nitrogen and oxygen atoms in total. The Morgan fingerprint density at radius 3 is 2.57 bits per heavy atom. The second-order valence-corrected chi connectivity index (χ2v) is 1.75. The van der Waals surface area contributed by atoms with E-state index in [1.54, 1.807) is 0 Å². The van der Waals surface area contributed by atoms with Crippen molar-refractivity contribution in [3.05, 3.63) is 18.6 Å². The third-order valence-electron chi connectivity index (χ3n) is 0.893. The van der Waals surface area contributed by atoms with Crippen molar-refractivity contribution in [1.82, 2.24) is 10.2 Å². The first-order valence-electron chi connectivity index (χ1n) is 2.29. The highest BCUT2D eigenvalue weighted by Gasteiger charge is 2.00. The molecule has 7 heavy (non-hydrogen) atoms. The van der Waals surface area contributed by atoms with Crippen molar-refractivity contribution < 1.29 is 0 Å². The summed E-state index contributed by atoms with van der Waals surface area (Å²) in [6.45, 7) is 3.94. The van der Waals surface area contributed by atoms with Crippen LogP contribution in [0.5, 0.6) is 0 Å². The van der Waals surface area contributed by atoms with E-state index in [0.717, 1.165) is 0 Å². The van der Waals surface area contributed by atoms with Crippen LogP contribution in [-0.4, -0.2) is 11.9 Å². The third kappa shape index (κ3) is 0.856. The van der Waals surface area contributed by atoms with Gasteiger partial charge in [0.1, 0.15) is 6.67 Å². The van der Waals surface area contributed by atoms with Crippen molar-refractivity contribution in [2.24, 2.45) is 0 Å². The van der Waals surface area contributed by atoms with Crippen LogP contribution in [0, 0.1) is 6.67 Å². The summed E-state index contributed by atoms with van der Waals surface area (Å²) in [4.78, 5) is 1.98. The first-order valence-corrected chi connectivity index (χ1v) is 2.29. The SMILES string of the molecule is CC1=CN(C)[CH]N1. The fourth-order valence-corrected chi connectivity index (χ4v) is 0.584. The molecule has 0 spiro atoms. The molecule has 1 heterocycles. The van der Waals surface area contributed by atoms with Crippen molar-refractivity contribution >= 4 is 0 Å². The van der Waals surface area contributed by atoms with Crippen LogP contribution in [0.1, 0.15) is 6.92 Å². The van der Waals surface area contributed by atoms with Gasteiger partial charge in [-0.3, -0.25) is 0 Å². The summed E-state index contributed by atoms with van der Waals surface area (Å²) < 4.78 is 0. The van der Waals surface area contributed by atoms with Gasteiger partial charge >= 0.3 is 0 Å². The monoisotopic (exact) mass is 97.1 g/mol. The summed E-state index contributed by atoms with van der Waals surface area (Å²) in [6, 6.07) is 0. The van der Waals surface area contributed by atoms with E-state index in [1.807, 2.05) is 31.7 Å². The van der Waals surface area contributed by atoms with Crippen LogP contribution in [0.3, 0.4) is 0 Å². The number of hydrogen-bond acceptors (Lipinski definition) is 2. The zero-order chi connectivity index (χ0) is 5.28. The van der Waals surface area contributed by atoms with E-state index in [4.69, 9.17) is 0 Å². The van der Waals surface area contributed by atoms with Gasteiger partial charge in [0, 0.05) is 18.9 Å². The highest BCUT2D eigenvalue weighted by atomic mass is 15.2. The van der Waals surface area contributed by atoms with Crippen LogP contribution >= 0.6 is 0 Å². The molecule has 0 saturated carbocycles. The molecule has 0 aromatic heterocycles. The molecule has 39 valence electrons. The lowest BCUT2D eigenvalue weighted by Gasteiger charge is -2.00. The number of nitrogens with zero attached hydrogens (tertiary/aromatic N) is 1. The van der Waals surface area contributed by atoms with Crippen LogP contribution in [-0.2, 0) is 0 Å². The van der Waals surface area contributed by atoms with Crippen molar-refractivity contribution in [3.8, 4) is 0 Å². The Labute approximate surface area is 43.8 Å². The summed E-state index contributed by atoms with van der Waals surface area (Å²) in [6.07, 6.45) is 2.03. The molecule has 0 aromatic rings. The average Bonchev–Trinajstić information content (AvgIpc) is 1.87. The van der Waals surface area contributed by atoms with Crippen molar-refractivity contribution in [2.45, 2.75) is 6.92 Å². The lowest BCUT2D eigenvalue weighted by molar-refractivity contribution is 0.559. The highest BCUT2D eigenvalue weighted by molar-refractivity contribution is 5.03. The molecule has 0 saturated heterocycles. The molecule has 1 aliphatic heterocycles. The Morgan fingerprint density at radius 1 is 1.71 bits per heavy atom. The summed E-state index contributed by atoms with van der Waals surface area (Å²) in [7, 11) is 1.99. The summed E-state index contributed by atoms with van der Waals surface area (Å²) >= 11 is 0. The summed E-state index contributed by atoms with van der Waals surface area (Å²) in [5.41, 5.74) is 1.20. The van der Waals surface area contributed by atoms with Gasteiger partial charge in [0.05, 0.1) is 0 Å². The molecule has 0 bridgehead atoms. The highest BCUT2D eigenvalue weighted by Crippen LogP contribution is 2.00. The van der Waals surface area contributed by atoms with Crippen LogP contribution in [0.15, 0.2) is 11.9 Å². The van der Waals surface area contributed by atoms with Gasteiger partial charge in [0.25, 0.3) is 0 Å². The molecule has 0 aromatic carbocycles. The smallest absolute Gasteiger partial charge is 0.138 e. The zero-order valence-electron chi connectivity index (χ0n) is 4.60. The van der Waals surface area contributed by atoms with E-state index >= 15 is 0 Å². The third-order valence-corrected chi connectivity index (χ3v) is 0.893. The fraction of sp³-hybridized carbons (Fsp3) is 0.400. The predicted molar refractivity (Wildman–Crippen MR) is 29.0 cm³/mol. The van der Waals surface area contributed by atoms with Gasteiger partial charge in [-0.05, 0) is 6.92 Å². The zero-order valence-corrected chi connectivity index (χ0v) is 4.60. The molecule has 2 heteroatoms. The van der Waals surface area contributed by atoms with Crippen LogP contribution < -0.4 is 5.32 Å². The predicted octanol–water partition coefficient (Wildman–Crippen LogP) is 0.502. The second kappa shape index (κ2) is 1.45. The number of allylic oxidation sites excluding steroid dienone is 1. The maximum absolute atomic E-state index is 3.03. The summed E-state index contributed by atoms with van der Waals surface area (Å²) in [5, 5.41) is 3.03. The van der Waals surface area contributed by atoms with Gasteiger partial charge in [-0.25, -0.2) is 0 Å². The lowest BCUT2D eigenvalue weighted by Crippen LogP contribution is -2.08. The lowest BCUT2D eigenvalue weighted by atomic mass is 10.6. The van der Waals surface area contributed by atoms with E-state index in [0.29, 0.717) is 0 Å². The number of rotatable bonds is 0. The topological polar surface area (TPSA) is 15.3 Å².